The van der Waals surface area contributed by atoms with Gasteiger partial charge in [-0.1, -0.05) is 0 Å². The van der Waals surface area contributed by atoms with Crippen molar-refractivity contribution in [2.75, 3.05) is 0 Å². The third kappa shape index (κ3) is 33.9. The van der Waals surface area contributed by atoms with Crippen LogP contribution in [0.4, 0.5) is 0 Å². The van der Waals surface area contributed by atoms with Crippen LogP contribution >= 0.6 is 47.7 Å². The second kappa shape index (κ2) is 4.17. The molecule has 0 N–H and O–H groups in total. The summed E-state index contributed by atoms with van der Waals surface area (Å²) in [5.74, 6) is 0. The van der Waals surface area contributed by atoms with Gasteiger partial charge in [-0.3, -0.25) is 0 Å². The summed E-state index contributed by atoms with van der Waals surface area (Å²) < 4.78 is 0. The Morgan fingerprint density at radius 2 is 1.17 bits per heavy atom. The first-order chi connectivity index (χ1) is 2.00. The average Bonchev–Trinajstić information content (AvgIpc) is 0.722. The van der Waals surface area contributed by atoms with Gasteiger partial charge in [0.05, 0.1) is 0 Å². The Hall–Kier alpha value is 2.26. The van der Waals surface area contributed by atoms with E-state index in [4.69, 9.17) is 33.7 Å². The van der Waals surface area contributed by atoms with E-state index < -0.39 is 5.01 Å². The van der Waals surface area contributed by atoms with Crippen molar-refractivity contribution in [2.24, 2.45) is 0 Å². The molecule has 0 aliphatic carbocycles. The average molecular weight is 201 g/mol. The molecule has 0 aromatic heterocycles. The van der Waals surface area contributed by atoms with Gasteiger partial charge in [-0.2, -0.15) is 0 Å². The molecule has 1 atom stereocenters. The molecule has 0 aromatic rings. The molecule has 1 unspecified atom stereocenters. The molecule has 0 nitrogen and oxygen atoms in total. The smallest absolute Gasteiger partial charge is 0.187 e. The van der Waals surface area contributed by atoms with E-state index in [0.717, 1.165) is 0 Å². The molecule has 0 saturated carbocycles. The van der Waals surface area contributed by atoms with Crippen LogP contribution in [0.2, 0.25) is 0 Å². The number of rotatable bonds is 0. The molecule has 0 rings (SSSR count). The first kappa shape index (κ1) is 11.1. The van der Waals surface area contributed by atoms with Crippen LogP contribution in [0.1, 0.15) is 0 Å². The van der Waals surface area contributed by atoms with Crippen molar-refractivity contribution in [1.29, 1.82) is 0 Å². The Bertz CT molecular complexity index is 24.3. The molecule has 0 saturated heterocycles. The Labute approximate surface area is 64.8 Å². The zero-order valence-electron chi connectivity index (χ0n) is 2.21. The fourth-order valence-corrected chi connectivity index (χ4v) is 0. The molecule has 0 spiro atoms. The van der Waals surface area contributed by atoms with E-state index in [1.54, 1.807) is 0 Å². The van der Waals surface area contributed by atoms with Gasteiger partial charge in [-0.05, 0) is 0 Å². The summed E-state index contributed by atoms with van der Waals surface area (Å²) in [5.41, 5.74) is 0. The molecule has 0 radical (unpaired) electrons. The van der Waals surface area contributed by atoms with E-state index in [0.29, 0.717) is 0 Å². The van der Waals surface area contributed by atoms with Crippen LogP contribution in [0.25, 0.3) is 0 Å². The van der Waals surface area contributed by atoms with E-state index in [2.05, 4.69) is 8.93 Å². The maximum Gasteiger partial charge on any atom is 0.187 e. The van der Waals surface area contributed by atoms with Crippen molar-refractivity contribution in [3.63, 3.8) is 0 Å². The molecule has 0 aromatic carbocycles. The minimum Gasteiger partial charge on any atom is 0.187 e. The van der Waals surface area contributed by atoms with Gasteiger partial charge in [0, 0.05) is 0 Å². The summed E-state index contributed by atoms with van der Waals surface area (Å²) in [5, 5.41) is -2.28. The van der Waals surface area contributed by atoms with Crippen LogP contribution in [-0.2, 0) is 0 Å². The largest absolute Gasteiger partial charge is 0.187 e. The topological polar surface area (TPSA) is 0 Å². The summed E-state index contributed by atoms with van der Waals surface area (Å²) in [7, 11) is 2.15. The van der Waals surface area contributed by atoms with Crippen LogP contribution in [0.15, 0.2) is 0 Å². The molecule has 40 valence electrons. The van der Waals surface area contributed by atoms with E-state index >= 15 is 0 Å². The second-order valence-electron chi connectivity index (χ2n) is 0.542. The van der Waals surface area contributed by atoms with Gasteiger partial charge in [-0.15, -0.1) is 0 Å². The maximum absolute atomic E-state index is 5.16. The van der Waals surface area contributed by atoms with Crippen molar-refractivity contribution in [2.45, 2.75) is 0 Å². The summed E-state index contributed by atoms with van der Waals surface area (Å²) >= 11 is 15.5. The third-order valence-electron chi connectivity index (χ3n) is 0. The zero-order chi connectivity index (χ0) is 4.50. The minimum atomic E-state index is -2.28. The summed E-state index contributed by atoms with van der Waals surface area (Å²) in [6.45, 7) is 0. The van der Waals surface area contributed by atoms with Crippen LogP contribution < -0.4 is 0 Å². The Balaban J connectivity index is 0. The number of hydrogen-bond donors (Lipinski definition) is 0. The first-order valence-electron chi connectivity index (χ1n) is 0.856. The van der Waals surface area contributed by atoms with Gasteiger partial charge in [0.2, 0.25) is 0 Å². The number of halogens is 3. The Morgan fingerprint density at radius 3 is 1.17 bits per heavy atom. The molecule has 0 amide bonds. The van der Waals surface area contributed by atoms with E-state index in [9.17, 15) is 0 Å². The predicted molar refractivity (Wildman–Crippen MR) is 45.5 cm³/mol. The predicted octanol–water partition coefficient (Wildman–Crippen LogP) is 1.80. The molecule has 6 heteroatoms. The van der Waals surface area contributed by atoms with Crippen molar-refractivity contribution < 1.29 is 0 Å². The number of hydrogen-bond acceptors (Lipinski definition) is 0. The molecule has 0 aliphatic heterocycles. The van der Waals surface area contributed by atoms with Gasteiger partial charge in [0.25, 0.3) is 0 Å². The third-order valence-corrected chi connectivity index (χ3v) is 0. The summed E-state index contributed by atoms with van der Waals surface area (Å²) in [6, 6.07) is 0. The van der Waals surface area contributed by atoms with Gasteiger partial charge in [0.15, 0.2) is 17.4 Å². The van der Waals surface area contributed by atoms with Crippen molar-refractivity contribution in [3.8, 4) is 0 Å². The molecule has 0 heterocycles. The molecular formula is H6AlCl3P2. The van der Waals surface area contributed by atoms with E-state index in [1.165, 1.54) is 0 Å². The van der Waals surface area contributed by atoms with Crippen LogP contribution in [0, 0.1) is 0 Å². The van der Waals surface area contributed by atoms with Crippen LogP contribution in [0.3, 0.4) is 0 Å². The van der Waals surface area contributed by atoms with E-state index in [-0.39, 0.29) is 17.4 Å². The molecule has 0 bridgehead atoms. The Morgan fingerprint density at radius 1 is 1.17 bits per heavy atom. The Kier molecular flexibility index (Phi) is 7.73. The molecule has 0 fully saturated rings. The van der Waals surface area contributed by atoms with Crippen molar-refractivity contribution in [3.05, 3.63) is 0 Å². The van der Waals surface area contributed by atoms with Gasteiger partial charge in [0.1, 0.15) is 0 Å². The summed E-state index contributed by atoms with van der Waals surface area (Å²) in [4.78, 5) is 0. The fourth-order valence-electron chi connectivity index (χ4n) is 0. The maximum atomic E-state index is 5.16. The SMILES string of the molecule is P[PH](Cl)(Cl)Cl.[AlH3]. The quantitative estimate of drug-likeness (QED) is 0.414. The first-order valence-corrected chi connectivity index (χ1v) is 7.70. The van der Waals surface area contributed by atoms with E-state index in [1.807, 2.05) is 0 Å². The molecule has 0 aliphatic rings. The normalized spacial score (nSPS) is 12.7. The molecular weight excluding hydrogens is 195 g/mol. The van der Waals surface area contributed by atoms with Gasteiger partial charge < -0.3 is 0 Å². The van der Waals surface area contributed by atoms with Gasteiger partial charge >= 0.3 is 47.7 Å². The van der Waals surface area contributed by atoms with Crippen LogP contribution in [0.5, 0.6) is 0 Å². The second-order valence-corrected chi connectivity index (χ2v) is 14.6. The standard InChI is InChI=1S/Al.Cl3H3P2.3H/c;1-5(2,3)4;;;/h;5H,4H2;;;. The fraction of sp³-hybridized carbons (Fsp3) is 0. The minimum absolute atomic E-state index is 0. The van der Waals surface area contributed by atoms with Gasteiger partial charge in [-0.25, -0.2) is 0 Å². The van der Waals surface area contributed by atoms with Crippen molar-refractivity contribution in [1.82, 2.24) is 0 Å². The molecule has 6 heavy (non-hydrogen) atoms. The summed E-state index contributed by atoms with van der Waals surface area (Å²) in [6.07, 6.45) is 0. The zero-order valence-corrected chi connectivity index (χ0v) is 6.63. The monoisotopic (exact) mass is 200 g/mol. The van der Waals surface area contributed by atoms with Crippen LogP contribution in [-0.4, -0.2) is 17.4 Å². The van der Waals surface area contributed by atoms with Crippen molar-refractivity contribution >= 4 is 65.0 Å².